The van der Waals surface area contributed by atoms with Crippen LogP contribution in [-0.2, 0) is 22.1 Å². The number of amides is 3. The van der Waals surface area contributed by atoms with Gasteiger partial charge in [0.25, 0.3) is 0 Å². The lowest BCUT2D eigenvalue weighted by Crippen LogP contribution is -2.68. The number of nitrogens with zero attached hydrogens (tertiary/aromatic N) is 5. The molecular formula is C22H25F3N6O3. The molecule has 3 amide bonds. The van der Waals surface area contributed by atoms with Crippen molar-refractivity contribution >= 4 is 17.6 Å². The molecular weight excluding hydrogens is 453 g/mol. The van der Waals surface area contributed by atoms with E-state index in [2.05, 4.69) is 15.5 Å². The van der Waals surface area contributed by atoms with Crippen LogP contribution in [0.1, 0.15) is 30.7 Å². The van der Waals surface area contributed by atoms with Crippen LogP contribution in [0, 0.1) is 11.3 Å². The summed E-state index contributed by atoms with van der Waals surface area (Å²) in [5, 5.41) is 9.87. The van der Waals surface area contributed by atoms with E-state index in [-0.39, 0.29) is 41.8 Å². The van der Waals surface area contributed by atoms with Crippen LogP contribution in [0.15, 0.2) is 18.3 Å². The summed E-state index contributed by atoms with van der Waals surface area (Å²) in [6.45, 7) is 2.65. The molecule has 0 bridgehead atoms. The van der Waals surface area contributed by atoms with E-state index in [9.17, 15) is 22.8 Å². The Morgan fingerprint density at radius 1 is 1.24 bits per heavy atom. The Morgan fingerprint density at radius 3 is 2.79 bits per heavy atom. The van der Waals surface area contributed by atoms with Gasteiger partial charge in [-0.3, -0.25) is 9.20 Å². The predicted octanol–water partition coefficient (Wildman–Crippen LogP) is 1.71. The number of ether oxygens (including phenoxy) is 1. The first-order chi connectivity index (χ1) is 16.2. The number of halogens is 3. The van der Waals surface area contributed by atoms with Crippen LogP contribution < -0.4 is 5.32 Å². The lowest BCUT2D eigenvalue weighted by atomic mass is 9.56. The van der Waals surface area contributed by atoms with Gasteiger partial charge in [0.05, 0.1) is 12.1 Å². The van der Waals surface area contributed by atoms with Gasteiger partial charge in [0.15, 0.2) is 5.65 Å². The van der Waals surface area contributed by atoms with E-state index < -0.39 is 12.0 Å². The van der Waals surface area contributed by atoms with Crippen LogP contribution in [0.25, 0.3) is 5.65 Å². The maximum absolute atomic E-state index is 13.0. The first kappa shape index (κ1) is 21.6. The topological polar surface area (TPSA) is 92.1 Å². The highest BCUT2D eigenvalue weighted by Gasteiger charge is 2.54. The van der Waals surface area contributed by atoms with Crippen LogP contribution in [0.4, 0.5) is 18.0 Å². The molecule has 3 saturated heterocycles. The Labute approximate surface area is 193 Å². The lowest BCUT2D eigenvalue weighted by Gasteiger charge is -2.60. The van der Waals surface area contributed by atoms with Crippen LogP contribution in [0.3, 0.4) is 0 Å². The fourth-order valence-electron chi connectivity index (χ4n) is 6.13. The second-order valence-corrected chi connectivity index (χ2v) is 10.2. The van der Waals surface area contributed by atoms with Crippen molar-refractivity contribution in [2.75, 3.05) is 32.8 Å². The maximum atomic E-state index is 13.0. The van der Waals surface area contributed by atoms with Crippen LogP contribution >= 0.6 is 0 Å². The summed E-state index contributed by atoms with van der Waals surface area (Å²) in [6, 6.07) is 3.24. The number of hydrogen-bond donors (Lipinski definition) is 1. The van der Waals surface area contributed by atoms with Crippen molar-refractivity contribution in [3.63, 3.8) is 0 Å². The van der Waals surface area contributed by atoms with Gasteiger partial charge in [-0.15, -0.1) is 10.2 Å². The van der Waals surface area contributed by atoms with Gasteiger partial charge in [-0.2, -0.15) is 13.2 Å². The fraction of sp³-hybridized carbons (Fsp3) is 0.636. The molecule has 2 atom stereocenters. The van der Waals surface area contributed by atoms with Gasteiger partial charge in [-0.1, -0.05) is 0 Å². The average Bonchev–Trinajstić information content (AvgIpc) is 3.17. The molecule has 1 aliphatic carbocycles. The first-order valence-electron chi connectivity index (χ1n) is 11.5. The molecule has 2 aromatic heterocycles. The summed E-state index contributed by atoms with van der Waals surface area (Å²) in [5.41, 5.74) is 1.30. The summed E-state index contributed by atoms with van der Waals surface area (Å²) < 4.78 is 45.5. The highest BCUT2D eigenvalue weighted by atomic mass is 19.4. The van der Waals surface area contributed by atoms with Gasteiger partial charge in [0, 0.05) is 37.8 Å². The summed E-state index contributed by atoms with van der Waals surface area (Å²) in [7, 11) is 0. The third-order valence-corrected chi connectivity index (χ3v) is 7.61. The third-order valence-electron chi connectivity index (χ3n) is 7.61. The van der Waals surface area contributed by atoms with Crippen molar-refractivity contribution in [3.05, 3.63) is 29.7 Å². The van der Waals surface area contributed by atoms with E-state index >= 15 is 0 Å². The van der Waals surface area contributed by atoms with Gasteiger partial charge in [0.1, 0.15) is 6.61 Å². The number of morpholine rings is 1. The summed E-state index contributed by atoms with van der Waals surface area (Å²) >= 11 is 0. The molecule has 4 fully saturated rings. The average molecular weight is 478 g/mol. The third kappa shape index (κ3) is 3.68. The minimum Gasteiger partial charge on any atom is -0.366 e. The Hall–Kier alpha value is -2.89. The number of carbonyl (C=O) groups excluding carboxylic acids is 2. The molecule has 0 aromatic carbocycles. The number of carbonyl (C=O) groups is 2. The number of fused-ring (bicyclic) bond motifs is 2. The van der Waals surface area contributed by atoms with Crippen molar-refractivity contribution in [3.8, 4) is 0 Å². The second-order valence-electron chi connectivity index (χ2n) is 10.2. The zero-order valence-corrected chi connectivity index (χ0v) is 18.4. The van der Waals surface area contributed by atoms with Crippen molar-refractivity contribution in [1.29, 1.82) is 0 Å². The molecule has 0 radical (unpaired) electrons. The number of likely N-dealkylation sites (tertiary alicyclic amines) is 2. The first-order valence-corrected chi connectivity index (χ1v) is 11.5. The molecule has 6 rings (SSSR count). The number of piperidine rings is 1. The van der Waals surface area contributed by atoms with E-state index in [4.69, 9.17) is 4.74 Å². The van der Waals surface area contributed by atoms with E-state index in [0.29, 0.717) is 19.0 Å². The number of alkyl halides is 3. The van der Waals surface area contributed by atoms with Crippen LogP contribution in [0.5, 0.6) is 0 Å². The SMILES string of the molecule is O=C1CO[C@H]2CCN(C(=O)N3CC4(CC(Cc5ccn6c(C(F)(F)F)nnc6c5)C4)C3)C[C@H]2N1. The Bertz CT molecular complexity index is 1140. The molecule has 3 aliphatic heterocycles. The minimum absolute atomic E-state index is 0.0186. The molecule has 1 N–H and O–H groups in total. The van der Waals surface area contributed by atoms with E-state index in [1.807, 2.05) is 9.80 Å². The van der Waals surface area contributed by atoms with Crippen LogP contribution in [-0.4, -0.2) is 81.3 Å². The molecule has 1 saturated carbocycles. The van der Waals surface area contributed by atoms with Crippen molar-refractivity contribution in [1.82, 2.24) is 29.7 Å². The van der Waals surface area contributed by atoms with Gasteiger partial charge in [-0.25, -0.2) is 4.79 Å². The number of pyridine rings is 1. The molecule has 0 unspecified atom stereocenters. The number of aromatic nitrogens is 3. The number of urea groups is 1. The standard InChI is InChI=1S/C22H25F3N6O3/c23-22(24,25)19-28-27-17-6-13(1-4-31(17)19)5-14-7-21(8-14)11-30(12-21)20(33)29-3-2-16-15(9-29)26-18(32)10-34-16/h1,4,6,14-16H,2-3,5,7-12H2,(H,26,32)/t15-,16+/m1/s1. The Morgan fingerprint density at radius 2 is 2.03 bits per heavy atom. The number of rotatable bonds is 2. The Balaban J connectivity index is 1.00. The number of hydrogen-bond acceptors (Lipinski definition) is 5. The molecule has 9 nitrogen and oxygen atoms in total. The lowest BCUT2D eigenvalue weighted by molar-refractivity contribution is -0.145. The molecule has 4 aliphatic rings. The normalized spacial score (nSPS) is 26.7. The van der Waals surface area contributed by atoms with Gasteiger partial charge in [0.2, 0.25) is 11.7 Å². The van der Waals surface area contributed by atoms with Gasteiger partial charge >= 0.3 is 12.2 Å². The van der Waals surface area contributed by atoms with E-state index in [1.54, 1.807) is 12.1 Å². The fourth-order valence-corrected chi connectivity index (χ4v) is 6.13. The summed E-state index contributed by atoms with van der Waals surface area (Å²) in [4.78, 5) is 28.2. The van der Waals surface area contributed by atoms with Crippen LogP contribution in [0.2, 0.25) is 0 Å². The monoisotopic (exact) mass is 478 g/mol. The highest BCUT2D eigenvalue weighted by Crippen LogP contribution is 2.53. The van der Waals surface area contributed by atoms with Gasteiger partial charge in [-0.05, 0) is 49.3 Å². The molecule has 5 heterocycles. The molecule has 2 aromatic rings. The molecule has 34 heavy (non-hydrogen) atoms. The van der Waals surface area contributed by atoms with Crippen molar-refractivity contribution < 1.29 is 27.5 Å². The molecule has 182 valence electrons. The smallest absolute Gasteiger partial charge is 0.366 e. The van der Waals surface area contributed by atoms with Gasteiger partial charge < -0.3 is 19.9 Å². The summed E-state index contributed by atoms with van der Waals surface area (Å²) in [5.74, 6) is -0.712. The highest BCUT2D eigenvalue weighted by molar-refractivity contribution is 5.79. The minimum atomic E-state index is -4.54. The maximum Gasteiger partial charge on any atom is 0.452 e. The second kappa shape index (κ2) is 7.56. The Kier molecular flexibility index (Phi) is 4.81. The summed E-state index contributed by atoms with van der Waals surface area (Å²) in [6.07, 6.45) is 0.313. The van der Waals surface area contributed by atoms with Crippen molar-refractivity contribution in [2.45, 2.75) is 44.0 Å². The van der Waals surface area contributed by atoms with Crippen molar-refractivity contribution in [2.24, 2.45) is 11.3 Å². The van der Waals surface area contributed by atoms with E-state index in [0.717, 1.165) is 48.7 Å². The molecule has 1 spiro atoms. The predicted molar refractivity (Wildman–Crippen MR) is 112 cm³/mol. The zero-order chi connectivity index (χ0) is 23.7. The molecule has 12 heteroatoms. The van der Waals surface area contributed by atoms with E-state index in [1.165, 1.54) is 6.20 Å². The quantitative estimate of drug-likeness (QED) is 0.710. The zero-order valence-electron chi connectivity index (χ0n) is 18.4. The number of nitrogens with one attached hydrogen (secondary N) is 1. The largest absolute Gasteiger partial charge is 0.452 e.